The fraction of sp³-hybridized carbons (Fsp3) is 0.714. The van der Waals surface area contributed by atoms with Crippen LogP contribution in [-0.2, 0) is 19.2 Å². The maximum Gasteiger partial charge on any atom is 0.328 e. The molecule has 0 radical (unpaired) electrons. The van der Waals surface area contributed by atoms with Crippen molar-refractivity contribution in [1.29, 1.82) is 0 Å². The quantitative estimate of drug-likeness (QED) is 0.0410. The van der Waals surface area contributed by atoms with E-state index in [-0.39, 0.29) is 44.3 Å². The molecule has 0 fully saturated rings. The highest BCUT2D eigenvalue weighted by atomic mass is 32.2. The number of amides is 3. The number of nitrogens with two attached hydrogens (primary N) is 5. The summed E-state index contributed by atoms with van der Waals surface area (Å²) in [5, 5.41) is 26.4. The normalized spacial score (nSPS) is 14.6. The molecule has 0 aliphatic carbocycles. The van der Waals surface area contributed by atoms with Gasteiger partial charge in [0.05, 0.1) is 12.1 Å². The lowest BCUT2D eigenvalue weighted by molar-refractivity contribution is -0.145. The van der Waals surface area contributed by atoms with Gasteiger partial charge in [0.15, 0.2) is 18.0 Å². The zero-order valence-corrected chi connectivity index (χ0v) is 22.6. The third kappa shape index (κ3) is 15.1. The van der Waals surface area contributed by atoms with Crippen LogP contribution < -0.4 is 44.6 Å². The van der Waals surface area contributed by atoms with Gasteiger partial charge >= 0.3 is 5.97 Å². The summed E-state index contributed by atoms with van der Waals surface area (Å²) in [6, 6.07) is -4.77. The molecule has 0 saturated heterocycles. The fourth-order valence-electron chi connectivity index (χ4n) is 3.11. The molecule has 0 aliphatic rings. The first-order valence-electron chi connectivity index (χ1n) is 12.0. The van der Waals surface area contributed by atoms with Crippen molar-refractivity contribution in [3.63, 3.8) is 0 Å². The van der Waals surface area contributed by atoms with Gasteiger partial charge in [-0.05, 0) is 51.0 Å². The van der Waals surface area contributed by atoms with Crippen LogP contribution >= 0.6 is 11.8 Å². The predicted molar refractivity (Wildman–Crippen MR) is 146 cm³/mol. The molecular weight excluding hydrogens is 520 g/mol. The summed E-state index contributed by atoms with van der Waals surface area (Å²) in [4.78, 5) is 57.8. The number of nitrogens with zero attached hydrogens (tertiary/aromatic N) is 2. The Morgan fingerprint density at radius 1 is 0.816 bits per heavy atom. The maximum absolute atomic E-state index is 13.2. The van der Waals surface area contributed by atoms with Crippen molar-refractivity contribution in [1.82, 2.24) is 16.0 Å². The topological polar surface area (TPSA) is 300 Å². The number of aliphatic hydroxyl groups is 1. The Balaban J connectivity index is 5.70. The SMILES string of the molecule is CSCCC(N)C(=O)NC(CCCN=C(N)N)C(=O)NC(CCCN=C(N)N)C(=O)NC(C(=O)O)C(C)O. The minimum atomic E-state index is -1.61. The highest BCUT2D eigenvalue weighted by Gasteiger charge is 2.31. The number of hydrogen-bond acceptors (Lipinski definition) is 9. The minimum Gasteiger partial charge on any atom is -0.480 e. The van der Waals surface area contributed by atoms with E-state index in [1.807, 2.05) is 6.26 Å². The van der Waals surface area contributed by atoms with E-state index >= 15 is 0 Å². The summed E-state index contributed by atoms with van der Waals surface area (Å²) in [5.41, 5.74) is 27.2. The summed E-state index contributed by atoms with van der Waals surface area (Å²) in [6.07, 6.45) is 1.58. The zero-order chi connectivity index (χ0) is 29.3. The molecule has 0 aromatic heterocycles. The highest BCUT2D eigenvalue weighted by molar-refractivity contribution is 7.98. The maximum atomic E-state index is 13.2. The van der Waals surface area contributed by atoms with E-state index in [4.69, 9.17) is 28.7 Å². The number of carboxylic acids is 1. The van der Waals surface area contributed by atoms with Gasteiger partial charge < -0.3 is 54.8 Å². The van der Waals surface area contributed by atoms with E-state index in [1.165, 1.54) is 18.7 Å². The number of carbonyl (C=O) groups excluding carboxylic acids is 3. The van der Waals surface area contributed by atoms with Crippen LogP contribution in [-0.4, -0.2) is 101 Å². The number of hydrogen-bond donors (Lipinski definition) is 10. The van der Waals surface area contributed by atoms with Gasteiger partial charge in [-0.3, -0.25) is 24.4 Å². The Bertz CT molecular complexity index is 833. The van der Waals surface area contributed by atoms with Gasteiger partial charge in [0.1, 0.15) is 12.1 Å². The minimum absolute atomic E-state index is 0.0302. The Labute approximate surface area is 226 Å². The number of carboxylic acid groups (broad SMARTS) is 1. The van der Waals surface area contributed by atoms with Gasteiger partial charge in [-0.2, -0.15) is 11.8 Å². The number of guanidine groups is 2. The summed E-state index contributed by atoms with van der Waals surface area (Å²) in [6.45, 7) is 1.54. The lowest BCUT2D eigenvalue weighted by Gasteiger charge is -2.25. The van der Waals surface area contributed by atoms with Crippen molar-refractivity contribution >= 4 is 47.4 Å². The van der Waals surface area contributed by atoms with Crippen LogP contribution in [0.3, 0.4) is 0 Å². The van der Waals surface area contributed by atoms with Crippen LogP contribution in [0.15, 0.2) is 9.98 Å². The Kier molecular flexibility index (Phi) is 17.2. The number of aliphatic imine (C=N–C) groups is 2. The second kappa shape index (κ2) is 18.9. The van der Waals surface area contributed by atoms with Crippen LogP contribution in [0.1, 0.15) is 39.0 Å². The molecule has 0 heterocycles. The molecule has 0 aromatic rings. The third-order valence-electron chi connectivity index (χ3n) is 5.17. The average molecular weight is 563 g/mol. The summed E-state index contributed by atoms with van der Waals surface area (Å²) >= 11 is 1.52. The van der Waals surface area contributed by atoms with E-state index < -0.39 is 54.0 Å². The first kappa shape index (κ1) is 34.7. The van der Waals surface area contributed by atoms with E-state index in [0.717, 1.165) is 0 Å². The Hall–Kier alpha value is -3.31. The van der Waals surface area contributed by atoms with Crippen molar-refractivity contribution in [3.8, 4) is 0 Å². The van der Waals surface area contributed by atoms with Crippen molar-refractivity contribution in [3.05, 3.63) is 0 Å². The third-order valence-corrected chi connectivity index (χ3v) is 5.82. The molecule has 218 valence electrons. The van der Waals surface area contributed by atoms with Crippen molar-refractivity contribution < 1.29 is 29.4 Å². The molecule has 16 nitrogen and oxygen atoms in total. The summed E-state index contributed by atoms with van der Waals surface area (Å²) in [5.74, 6) is -3.20. The second-order valence-corrected chi connectivity index (χ2v) is 9.46. The molecule has 0 saturated carbocycles. The molecule has 38 heavy (non-hydrogen) atoms. The number of aliphatic carboxylic acids is 1. The molecule has 5 unspecified atom stereocenters. The molecule has 0 aromatic carbocycles. The molecule has 3 amide bonds. The van der Waals surface area contributed by atoms with Crippen molar-refractivity contribution in [2.24, 2.45) is 38.7 Å². The lowest BCUT2D eigenvalue weighted by atomic mass is 10.1. The number of rotatable bonds is 19. The number of aliphatic hydroxyl groups excluding tert-OH is 1. The van der Waals surface area contributed by atoms with Crippen LogP contribution in [0.4, 0.5) is 0 Å². The van der Waals surface area contributed by atoms with Gasteiger partial charge in [0.25, 0.3) is 0 Å². The molecule has 0 bridgehead atoms. The molecule has 5 atom stereocenters. The van der Waals surface area contributed by atoms with Crippen molar-refractivity contribution in [2.75, 3.05) is 25.1 Å². The monoisotopic (exact) mass is 562 g/mol. The first-order valence-corrected chi connectivity index (χ1v) is 13.4. The number of thioether (sulfide) groups is 1. The van der Waals surface area contributed by atoms with Gasteiger partial charge in [0, 0.05) is 13.1 Å². The van der Waals surface area contributed by atoms with Crippen LogP contribution in [0.25, 0.3) is 0 Å². The molecule has 0 rings (SSSR count). The summed E-state index contributed by atoms with van der Waals surface area (Å²) < 4.78 is 0. The van der Waals surface area contributed by atoms with Crippen LogP contribution in [0, 0.1) is 0 Å². The largest absolute Gasteiger partial charge is 0.480 e. The Morgan fingerprint density at radius 3 is 1.66 bits per heavy atom. The molecule has 17 heteroatoms. The smallest absolute Gasteiger partial charge is 0.328 e. The van der Waals surface area contributed by atoms with Crippen LogP contribution in [0.2, 0.25) is 0 Å². The molecule has 0 spiro atoms. The van der Waals surface area contributed by atoms with E-state index in [9.17, 15) is 29.4 Å². The lowest BCUT2D eigenvalue weighted by Crippen LogP contribution is -2.58. The predicted octanol–water partition coefficient (Wildman–Crippen LogP) is -3.91. The first-order chi connectivity index (χ1) is 17.8. The highest BCUT2D eigenvalue weighted by Crippen LogP contribution is 2.06. The second-order valence-electron chi connectivity index (χ2n) is 8.47. The summed E-state index contributed by atoms with van der Waals surface area (Å²) in [7, 11) is 0. The molecule has 0 aliphatic heterocycles. The standard InChI is InChI=1S/C21H42N10O6S/c1-11(32)15(19(36)37)31-18(35)14(6-4-9-28-21(25)26)30-17(34)13(5-3-8-27-20(23)24)29-16(33)12(22)7-10-38-2/h11-15,32H,3-10,22H2,1-2H3,(H,29,33)(H,30,34)(H,31,35)(H,36,37)(H4,23,24,27)(H4,25,26,28). The van der Waals surface area contributed by atoms with E-state index in [0.29, 0.717) is 18.6 Å². The number of carbonyl (C=O) groups is 4. The van der Waals surface area contributed by atoms with E-state index in [2.05, 4.69) is 25.9 Å². The Morgan fingerprint density at radius 2 is 1.26 bits per heavy atom. The zero-order valence-electron chi connectivity index (χ0n) is 21.8. The molecule has 15 N–H and O–H groups in total. The fourth-order valence-corrected chi connectivity index (χ4v) is 3.60. The van der Waals surface area contributed by atoms with E-state index in [1.54, 1.807) is 0 Å². The number of nitrogens with one attached hydrogen (secondary N) is 3. The van der Waals surface area contributed by atoms with Gasteiger partial charge in [-0.1, -0.05) is 0 Å². The van der Waals surface area contributed by atoms with Crippen molar-refractivity contribution in [2.45, 2.75) is 69.3 Å². The van der Waals surface area contributed by atoms with Crippen LogP contribution in [0.5, 0.6) is 0 Å². The van der Waals surface area contributed by atoms with Gasteiger partial charge in [-0.25, -0.2) is 4.79 Å². The van der Waals surface area contributed by atoms with Gasteiger partial charge in [-0.15, -0.1) is 0 Å². The van der Waals surface area contributed by atoms with Gasteiger partial charge in [0.2, 0.25) is 17.7 Å². The molecular formula is C21H42N10O6S. The average Bonchev–Trinajstić information content (AvgIpc) is 2.83.